The standard InChI is InChI=1S/C13H20FNS/c1-3-4-5-8-16-13-7-6-11(14)9-12(13)10(2)15/h6-7,9-10H,3-5,8,15H2,1-2H3. The highest BCUT2D eigenvalue weighted by atomic mass is 32.2. The fourth-order valence-electron chi connectivity index (χ4n) is 1.54. The lowest BCUT2D eigenvalue weighted by Gasteiger charge is -2.12. The van der Waals surface area contributed by atoms with Crippen molar-refractivity contribution >= 4 is 11.8 Å². The Bertz CT molecular complexity index is 326. The molecular weight excluding hydrogens is 221 g/mol. The first-order valence-electron chi connectivity index (χ1n) is 5.83. The molecule has 90 valence electrons. The van der Waals surface area contributed by atoms with E-state index in [9.17, 15) is 4.39 Å². The lowest BCUT2D eigenvalue weighted by atomic mass is 10.1. The van der Waals surface area contributed by atoms with Crippen LogP contribution in [-0.2, 0) is 0 Å². The lowest BCUT2D eigenvalue weighted by Crippen LogP contribution is -2.07. The third-order valence-corrected chi connectivity index (χ3v) is 3.64. The summed E-state index contributed by atoms with van der Waals surface area (Å²) in [5.74, 6) is 0.879. The van der Waals surface area contributed by atoms with Gasteiger partial charge in [0.25, 0.3) is 0 Å². The predicted octanol–water partition coefficient (Wildman–Crippen LogP) is 4.13. The molecule has 1 aromatic carbocycles. The zero-order valence-electron chi connectivity index (χ0n) is 10.0. The molecule has 0 aliphatic rings. The van der Waals surface area contributed by atoms with E-state index in [1.807, 2.05) is 13.0 Å². The maximum Gasteiger partial charge on any atom is 0.123 e. The molecular formula is C13H20FNS. The van der Waals surface area contributed by atoms with Crippen molar-refractivity contribution in [2.24, 2.45) is 5.73 Å². The summed E-state index contributed by atoms with van der Waals surface area (Å²) in [7, 11) is 0. The van der Waals surface area contributed by atoms with Crippen LogP contribution in [0.2, 0.25) is 0 Å². The summed E-state index contributed by atoms with van der Waals surface area (Å²) in [6.07, 6.45) is 3.68. The Kier molecular flexibility index (Phi) is 5.85. The number of nitrogens with two attached hydrogens (primary N) is 1. The molecule has 0 amide bonds. The van der Waals surface area contributed by atoms with Crippen LogP contribution in [0, 0.1) is 5.82 Å². The minimum absolute atomic E-state index is 0.107. The summed E-state index contributed by atoms with van der Waals surface area (Å²) in [5.41, 5.74) is 6.75. The van der Waals surface area contributed by atoms with Gasteiger partial charge in [0.2, 0.25) is 0 Å². The number of hydrogen-bond acceptors (Lipinski definition) is 2. The van der Waals surface area contributed by atoms with Gasteiger partial charge in [-0.05, 0) is 42.9 Å². The minimum Gasteiger partial charge on any atom is -0.324 e. The van der Waals surface area contributed by atoms with E-state index in [4.69, 9.17) is 5.73 Å². The van der Waals surface area contributed by atoms with Crippen molar-refractivity contribution in [1.29, 1.82) is 0 Å². The summed E-state index contributed by atoms with van der Waals surface area (Å²) in [6.45, 7) is 4.08. The van der Waals surface area contributed by atoms with Crippen LogP contribution in [-0.4, -0.2) is 5.75 Å². The molecule has 0 fully saturated rings. The van der Waals surface area contributed by atoms with Gasteiger partial charge in [-0.25, -0.2) is 4.39 Å². The van der Waals surface area contributed by atoms with E-state index >= 15 is 0 Å². The van der Waals surface area contributed by atoms with Crippen LogP contribution in [0.15, 0.2) is 23.1 Å². The molecule has 1 atom stereocenters. The SMILES string of the molecule is CCCCCSc1ccc(F)cc1C(C)N. The Morgan fingerprint density at radius 1 is 1.38 bits per heavy atom. The molecule has 0 radical (unpaired) electrons. The van der Waals surface area contributed by atoms with Crippen LogP contribution >= 0.6 is 11.8 Å². The van der Waals surface area contributed by atoms with Crippen molar-refractivity contribution in [1.82, 2.24) is 0 Å². The molecule has 0 bridgehead atoms. The first-order chi connectivity index (χ1) is 7.65. The second kappa shape index (κ2) is 6.92. The van der Waals surface area contributed by atoms with E-state index in [1.165, 1.54) is 25.3 Å². The van der Waals surface area contributed by atoms with Gasteiger partial charge in [-0.15, -0.1) is 11.8 Å². The summed E-state index contributed by atoms with van der Waals surface area (Å²) >= 11 is 1.78. The number of unbranched alkanes of at least 4 members (excludes halogenated alkanes) is 2. The summed E-state index contributed by atoms with van der Waals surface area (Å²) in [6, 6.07) is 4.79. The zero-order chi connectivity index (χ0) is 12.0. The van der Waals surface area contributed by atoms with Gasteiger partial charge in [-0.1, -0.05) is 19.8 Å². The van der Waals surface area contributed by atoms with Crippen molar-refractivity contribution in [2.75, 3.05) is 5.75 Å². The van der Waals surface area contributed by atoms with Gasteiger partial charge in [0.15, 0.2) is 0 Å². The van der Waals surface area contributed by atoms with Crippen LogP contribution in [0.3, 0.4) is 0 Å². The quantitative estimate of drug-likeness (QED) is 0.598. The van der Waals surface area contributed by atoms with Gasteiger partial charge in [0.05, 0.1) is 0 Å². The number of halogens is 1. The molecule has 0 aliphatic carbocycles. The van der Waals surface area contributed by atoms with Crippen LogP contribution in [0.1, 0.15) is 44.7 Å². The Balaban J connectivity index is 2.64. The summed E-state index contributed by atoms with van der Waals surface area (Å²) < 4.78 is 13.1. The molecule has 16 heavy (non-hydrogen) atoms. The molecule has 0 saturated carbocycles. The van der Waals surface area contributed by atoms with Gasteiger partial charge in [-0.2, -0.15) is 0 Å². The second-order valence-corrected chi connectivity index (χ2v) is 5.16. The van der Waals surface area contributed by atoms with Gasteiger partial charge in [-0.3, -0.25) is 0 Å². The van der Waals surface area contributed by atoms with Gasteiger partial charge in [0, 0.05) is 10.9 Å². The van der Waals surface area contributed by atoms with Crippen molar-refractivity contribution in [3.8, 4) is 0 Å². The van der Waals surface area contributed by atoms with E-state index in [-0.39, 0.29) is 11.9 Å². The fourth-order valence-corrected chi connectivity index (χ4v) is 2.68. The lowest BCUT2D eigenvalue weighted by molar-refractivity contribution is 0.619. The molecule has 3 heteroatoms. The highest BCUT2D eigenvalue weighted by Crippen LogP contribution is 2.28. The van der Waals surface area contributed by atoms with E-state index in [0.717, 1.165) is 16.2 Å². The molecule has 2 N–H and O–H groups in total. The molecule has 1 nitrogen and oxygen atoms in total. The van der Waals surface area contributed by atoms with Crippen LogP contribution in [0.25, 0.3) is 0 Å². The fraction of sp³-hybridized carbons (Fsp3) is 0.538. The highest BCUT2D eigenvalue weighted by molar-refractivity contribution is 7.99. The molecule has 0 saturated heterocycles. The highest BCUT2D eigenvalue weighted by Gasteiger charge is 2.08. The van der Waals surface area contributed by atoms with Crippen molar-refractivity contribution in [3.05, 3.63) is 29.6 Å². The summed E-state index contributed by atoms with van der Waals surface area (Å²) in [5, 5.41) is 0. The van der Waals surface area contributed by atoms with E-state index in [2.05, 4.69) is 6.92 Å². The first-order valence-corrected chi connectivity index (χ1v) is 6.81. The van der Waals surface area contributed by atoms with Crippen molar-refractivity contribution < 1.29 is 4.39 Å². The first kappa shape index (κ1) is 13.5. The van der Waals surface area contributed by atoms with E-state index in [1.54, 1.807) is 17.8 Å². The Labute approximate surface area is 102 Å². The van der Waals surface area contributed by atoms with Crippen LogP contribution < -0.4 is 5.73 Å². The maximum absolute atomic E-state index is 13.1. The van der Waals surface area contributed by atoms with E-state index < -0.39 is 0 Å². The number of rotatable bonds is 6. The van der Waals surface area contributed by atoms with Crippen molar-refractivity contribution in [3.63, 3.8) is 0 Å². The minimum atomic E-state index is -0.204. The molecule has 0 aliphatic heterocycles. The molecule has 1 rings (SSSR count). The Morgan fingerprint density at radius 2 is 2.12 bits per heavy atom. The Hall–Kier alpha value is -0.540. The zero-order valence-corrected chi connectivity index (χ0v) is 10.8. The molecule has 0 heterocycles. The number of benzene rings is 1. The number of thioether (sulfide) groups is 1. The molecule has 0 spiro atoms. The maximum atomic E-state index is 13.1. The van der Waals surface area contributed by atoms with Crippen LogP contribution in [0.4, 0.5) is 4.39 Å². The third-order valence-electron chi connectivity index (χ3n) is 2.47. The van der Waals surface area contributed by atoms with Crippen LogP contribution in [0.5, 0.6) is 0 Å². The predicted molar refractivity (Wildman–Crippen MR) is 69.3 cm³/mol. The average molecular weight is 241 g/mol. The normalized spacial score (nSPS) is 12.8. The van der Waals surface area contributed by atoms with Gasteiger partial charge < -0.3 is 5.73 Å². The smallest absolute Gasteiger partial charge is 0.123 e. The Morgan fingerprint density at radius 3 is 2.75 bits per heavy atom. The number of hydrogen-bond donors (Lipinski definition) is 1. The molecule has 1 aromatic rings. The largest absolute Gasteiger partial charge is 0.324 e. The van der Waals surface area contributed by atoms with Gasteiger partial charge in [0.1, 0.15) is 5.82 Å². The topological polar surface area (TPSA) is 26.0 Å². The molecule has 1 unspecified atom stereocenters. The summed E-state index contributed by atoms with van der Waals surface area (Å²) in [4.78, 5) is 1.12. The monoisotopic (exact) mass is 241 g/mol. The van der Waals surface area contributed by atoms with Gasteiger partial charge >= 0.3 is 0 Å². The average Bonchev–Trinajstić information content (AvgIpc) is 2.26. The van der Waals surface area contributed by atoms with E-state index in [0.29, 0.717) is 0 Å². The third kappa shape index (κ3) is 4.14. The van der Waals surface area contributed by atoms with Crippen molar-refractivity contribution in [2.45, 2.75) is 44.0 Å². The second-order valence-electron chi connectivity index (χ2n) is 4.03. The molecule has 0 aromatic heterocycles.